The lowest BCUT2D eigenvalue weighted by atomic mass is 10.0. The number of aliphatic hydroxyl groups excluding tert-OH is 2. The summed E-state index contributed by atoms with van der Waals surface area (Å²) < 4.78 is 34.3. The number of likely N-dealkylation sites (N-methyl/N-ethyl adjacent to an activating group) is 1. The minimum Gasteiger partial charge on any atom is -0.462 e. The van der Waals surface area contributed by atoms with Crippen molar-refractivity contribution >= 4 is 19.8 Å². The zero-order valence-electron chi connectivity index (χ0n) is 40.9. The van der Waals surface area contributed by atoms with Crippen LogP contribution in [0.15, 0.2) is 12.2 Å². The highest BCUT2D eigenvalue weighted by atomic mass is 31.2. The van der Waals surface area contributed by atoms with Gasteiger partial charge in [0.25, 0.3) is 0 Å². The quantitative estimate of drug-likeness (QED) is 0.0177. The molecule has 0 saturated carbocycles. The van der Waals surface area contributed by atoms with Crippen LogP contribution in [0.4, 0.5) is 0 Å². The summed E-state index contributed by atoms with van der Waals surface area (Å²) in [5.41, 5.74) is 0. The van der Waals surface area contributed by atoms with Crippen LogP contribution >= 0.6 is 7.82 Å². The van der Waals surface area contributed by atoms with Crippen molar-refractivity contribution in [2.75, 3.05) is 47.5 Å². The van der Waals surface area contributed by atoms with Crippen molar-refractivity contribution in [3.05, 3.63) is 12.2 Å². The number of phosphoric acid groups is 1. The van der Waals surface area contributed by atoms with E-state index in [4.69, 9.17) is 18.5 Å². The van der Waals surface area contributed by atoms with Crippen LogP contribution < -0.4 is 0 Å². The smallest absolute Gasteiger partial charge is 0.462 e. The molecule has 4 atom stereocenters. The van der Waals surface area contributed by atoms with Gasteiger partial charge >= 0.3 is 19.8 Å². The monoisotopic (exact) mass is 905 g/mol. The molecule has 3 N–H and O–H groups in total. The molecule has 1 unspecified atom stereocenters. The number of carbonyl (C=O) groups is 2. The Balaban J connectivity index is 4.30. The van der Waals surface area contributed by atoms with Crippen molar-refractivity contribution in [1.82, 2.24) is 0 Å². The van der Waals surface area contributed by atoms with E-state index in [1.807, 2.05) is 27.2 Å². The molecule has 11 nitrogen and oxygen atoms in total. The fourth-order valence-electron chi connectivity index (χ4n) is 7.33. The number of nitrogens with zero attached hydrogens (tertiary/aromatic N) is 1. The summed E-state index contributed by atoms with van der Waals surface area (Å²) in [6, 6.07) is 0. The number of ether oxygens (including phenoxy) is 2. The predicted octanol–water partition coefficient (Wildman–Crippen LogP) is 12.9. The highest BCUT2D eigenvalue weighted by Crippen LogP contribution is 2.43. The van der Waals surface area contributed by atoms with Gasteiger partial charge in [-0.2, -0.15) is 0 Å². The van der Waals surface area contributed by atoms with Crippen LogP contribution in [0, 0.1) is 0 Å². The van der Waals surface area contributed by atoms with E-state index in [0.717, 1.165) is 57.8 Å². The third kappa shape index (κ3) is 43.9. The Morgan fingerprint density at radius 1 is 0.548 bits per heavy atom. The molecule has 0 bridgehead atoms. The van der Waals surface area contributed by atoms with Gasteiger partial charge in [-0.1, -0.05) is 193 Å². The molecule has 62 heavy (non-hydrogen) atoms. The standard InChI is InChI=1S/C50H98NO10P/c1-6-8-10-12-14-15-16-17-18-19-20-21-22-23-24-25-26-27-28-32-36-40-49(54)58-44-46(45-60-62(56,57)59-43-42-51(3,4)5)61-50(55)41-37-33-29-31-35-39-48(53)47(52)38-34-30-13-11-9-7-2/h30,34,46-48,52-53H,6-29,31-33,35-45H2,1-5H3/p+1/b34-30-/t46-,47+,48+/m1/s1. The van der Waals surface area contributed by atoms with Crippen molar-refractivity contribution in [1.29, 1.82) is 0 Å². The third-order valence-corrected chi connectivity index (χ3v) is 12.5. The second-order valence-electron chi connectivity index (χ2n) is 18.9. The van der Waals surface area contributed by atoms with Crippen LogP contribution in [0.1, 0.15) is 232 Å². The Kier molecular flexibility index (Phi) is 41.4. The van der Waals surface area contributed by atoms with E-state index in [9.17, 15) is 29.3 Å². The molecule has 0 aromatic carbocycles. The first kappa shape index (κ1) is 60.7. The molecular formula is C50H99NO10P+. The van der Waals surface area contributed by atoms with E-state index >= 15 is 0 Å². The maximum Gasteiger partial charge on any atom is 0.472 e. The Morgan fingerprint density at radius 3 is 1.47 bits per heavy atom. The number of hydrogen-bond acceptors (Lipinski definition) is 9. The largest absolute Gasteiger partial charge is 0.472 e. The Bertz CT molecular complexity index is 1100. The molecule has 12 heteroatoms. The number of quaternary nitrogens is 1. The molecule has 0 aromatic rings. The van der Waals surface area contributed by atoms with Crippen molar-refractivity contribution in [3.8, 4) is 0 Å². The number of carbonyl (C=O) groups excluding carboxylic acids is 2. The zero-order chi connectivity index (χ0) is 46.0. The first-order chi connectivity index (χ1) is 29.8. The van der Waals surface area contributed by atoms with Gasteiger partial charge in [0, 0.05) is 12.8 Å². The summed E-state index contributed by atoms with van der Waals surface area (Å²) in [7, 11) is 1.39. The highest BCUT2D eigenvalue weighted by Gasteiger charge is 2.27. The molecule has 368 valence electrons. The van der Waals surface area contributed by atoms with E-state index in [2.05, 4.69) is 19.9 Å². The Morgan fingerprint density at radius 2 is 0.984 bits per heavy atom. The average molecular weight is 905 g/mol. The first-order valence-electron chi connectivity index (χ1n) is 25.6. The Labute approximate surface area is 381 Å². The lowest BCUT2D eigenvalue weighted by Gasteiger charge is -2.24. The van der Waals surface area contributed by atoms with Gasteiger partial charge in [-0.15, -0.1) is 0 Å². The fraction of sp³-hybridized carbons (Fsp3) is 0.920. The number of phosphoric ester groups is 1. The summed E-state index contributed by atoms with van der Waals surface area (Å²) in [5, 5.41) is 20.5. The lowest BCUT2D eigenvalue weighted by molar-refractivity contribution is -0.870. The number of esters is 2. The van der Waals surface area contributed by atoms with Crippen LogP contribution in [0.2, 0.25) is 0 Å². The van der Waals surface area contributed by atoms with Gasteiger partial charge in [0.15, 0.2) is 6.10 Å². The van der Waals surface area contributed by atoms with E-state index in [1.54, 1.807) is 0 Å². The first-order valence-corrected chi connectivity index (χ1v) is 27.1. The number of rotatable bonds is 47. The molecule has 0 radical (unpaired) electrons. The van der Waals surface area contributed by atoms with Crippen molar-refractivity contribution in [2.24, 2.45) is 0 Å². The summed E-state index contributed by atoms with van der Waals surface area (Å²) in [6.45, 7) is 4.22. The van der Waals surface area contributed by atoms with E-state index in [-0.39, 0.29) is 26.1 Å². The van der Waals surface area contributed by atoms with Crippen LogP contribution in [0.3, 0.4) is 0 Å². The molecule has 0 aliphatic rings. The van der Waals surface area contributed by atoms with Gasteiger partial charge in [0.2, 0.25) is 0 Å². The van der Waals surface area contributed by atoms with Gasteiger partial charge in [-0.05, 0) is 38.5 Å². The number of allylic oxidation sites excluding steroid dienone is 1. The van der Waals surface area contributed by atoms with Gasteiger partial charge in [0.05, 0.1) is 40.0 Å². The SMILES string of the molecule is CCCCC/C=C\C[C@H](O)[C@@H](O)CCCCCCCC(=O)O[C@H](COC(=O)CCCCCCCCCCCCCCCCCCCCCCC)COP(=O)(O)OCC[N+](C)(C)C. The van der Waals surface area contributed by atoms with Gasteiger partial charge in [-0.3, -0.25) is 18.6 Å². The number of hydrogen-bond donors (Lipinski definition) is 3. The average Bonchev–Trinajstić information content (AvgIpc) is 3.22. The Hall–Kier alpha value is -1.33. The number of aliphatic hydroxyl groups is 2. The van der Waals surface area contributed by atoms with Crippen molar-refractivity contribution < 1.29 is 52.3 Å². The van der Waals surface area contributed by atoms with Crippen molar-refractivity contribution in [2.45, 2.75) is 250 Å². The molecule has 0 saturated heterocycles. The second-order valence-corrected chi connectivity index (χ2v) is 20.3. The molecule has 0 spiro atoms. The molecular weight excluding hydrogens is 806 g/mol. The zero-order valence-corrected chi connectivity index (χ0v) is 41.7. The minimum atomic E-state index is -4.42. The van der Waals surface area contributed by atoms with E-state index < -0.39 is 44.7 Å². The topological polar surface area (TPSA) is 149 Å². The molecule has 0 heterocycles. The number of unbranched alkanes of at least 4 members (excludes halogenated alkanes) is 27. The van der Waals surface area contributed by atoms with Crippen molar-refractivity contribution in [3.63, 3.8) is 0 Å². The van der Waals surface area contributed by atoms with Gasteiger partial charge < -0.3 is 29.1 Å². The molecule has 0 fully saturated rings. The summed E-state index contributed by atoms with van der Waals surface area (Å²) in [6.07, 6.45) is 38.5. The maximum atomic E-state index is 12.7. The molecule has 0 aliphatic heterocycles. The summed E-state index contributed by atoms with van der Waals surface area (Å²) in [4.78, 5) is 35.5. The van der Waals surface area contributed by atoms with Gasteiger partial charge in [0.1, 0.15) is 19.8 Å². The molecule has 0 rings (SSSR count). The van der Waals surface area contributed by atoms with E-state index in [1.165, 1.54) is 128 Å². The van der Waals surface area contributed by atoms with E-state index in [0.29, 0.717) is 30.3 Å². The van der Waals surface area contributed by atoms with Crippen LogP contribution in [-0.2, 0) is 32.7 Å². The summed E-state index contributed by atoms with van der Waals surface area (Å²) >= 11 is 0. The predicted molar refractivity (Wildman–Crippen MR) is 255 cm³/mol. The molecule has 0 amide bonds. The minimum absolute atomic E-state index is 0.00626. The maximum absolute atomic E-state index is 12.7. The summed E-state index contributed by atoms with van der Waals surface area (Å²) in [5.74, 6) is -0.897. The molecule has 0 aliphatic carbocycles. The second kappa shape index (κ2) is 42.3. The normalized spacial score (nSPS) is 14.5. The third-order valence-electron chi connectivity index (χ3n) is 11.5. The van der Waals surface area contributed by atoms with Crippen LogP contribution in [-0.4, -0.2) is 97.3 Å². The van der Waals surface area contributed by atoms with Crippen LogP contribution in [0.25, 0.3) is 0 Å². The van der Waals surface area contributed by atoms with Gasteiger partial charge in [-0.25, -0.2) is 4.57 Å². The van der Waals surface area contributed by atoms with Crippen LogP contribution in [0.5, 0.6) is 0 Å². The lowest BCUT2D eigenvalue weighted by Crippen LogP contribution is -2.37. The fourth-order valence-corrected chi connectivity index (χ4v) is 8.07. The molecule has 0 aromatic heterocycles. The highest BCUT2D eigenvalue weighted by molar-refractivity contribution is 7.47.